The highest BCUT2D eigenvalue weighted by Gasteiger charge is 2.08. The Hall–Kier alpha value is -1.53. The van der Waals surface area contributed by atoms with Crippen molar-refractivity contribution in [3.8, 4) is 0 Å². The van der Waals surface area contributed by atoms with Crippen molar-refractivity contribution in [2.24, 2.45) is 5.73 Å². The number of hydrogen-bond acceptors (Lipinski definition) is 5. The molecule has 0 atom stereocenters. The normalized spacial score (nSPS) is 10.5. The number of hydrogen-bond donors (Lipinski definition) is 1. The van der Waals surface area contributed by atoms with Gasteiger partial charge in [-0.1, -0.05) is 11.3 Å². The van der Waals surface area contributed by atoms with Gasteiger partial charge in [-0.2, -0.15) is 0 Å². The van der Waals surface area contributed by atoms with E-state index < -0.39 is 0 Å². The van der Waals surface area contributed by atoms with Crippen LogP contribution in [0.3, 0.4) is 0 Å². The number of carbonyl (C=O) groups is 1. The largest absolute Gasteiger partial charge is 0.325 e. The SMILES string of the molecule is NCc1cn(CC(=O)c2cccs2)nn1. The maximum atomic E-state index is 11.7. The fourth-order valence-corrected chi connectivity index (χ4v) is 1.83. The molecule has 0 spiro atoms. The minimum atomic E-state index is 0.0403. The maximum absolute atomic E-state index is 11.7. The molecular formula is C9H10N4OS. The van der Waals surface area contributed by atoms with Crippen LogP contribution >= 0.6 is 11.3 Å². The molecule has 0 saturated carbocycles. The Morgan fingerprint density at radius 1 is 1.60 bits per heavy atom. The van der Waals surface area contributed by atoms with Gasteiger partial charge in [0.05, 0.1) is 16.8 Å². The number of aromatic nitrogens is 3. The van der Waals surface area contributed by atoms with E-state index in [1.54, 1.807) is 12.3 Å². The molecule has 0 aromatic carbocycles. The van der Waals surface area contributed by atoms with E-state index in [0.29, 0.717) is 12.2 Å². The van der Waals surface area contributed by atoms with Crippen LogP contribution in [0.15, 0.2) is 23.7 Å². The van der Waals surface area contributed by atoms with Gasteiger partial charge in [-0.25, -0.2) is 4.68 Å². The quantitative estimate of drug-likeness (QED) is 0.772. The first-order chi connectivity index (χ1) is 7.29. The Labute approximate surface area is 90.5 Å². The first-order valence-corrected chi connectivity index (χ1v) is 5.33. The molecular weight excluding hydrogens is 212 g/mol. The van der Waals surface area contributed by atoms with E-state index in [1.165, 1.54) is 16.0 Å². The van der Waals surface area contributed by atoms with Crippen LogP contribution in [0.25, 0.3) is 0 Å². The predicted molar refractivity (Wildman–Crippen MR) is 56.6 cm³/mol. The lowest BCUT2D eigenvalue weighted by atomic mass is 10.3. The summed E-state index contributed by atoms with van der Waals surface area (Å²) in [6, 6.07) is 3.65. The highest BCUT2D eigenvalue weighted by atomic mass is 32.1. The van der Waals surface area contributed by atoms with Gasteiger partial charge in [0.25, 0.3) is 0 Å². The fourth-order valence-electron chi connectivity index (χ4n) is 1.17. The average Bonchev–Trinajstić information content (AvgIpc) is 2.87. The van der Waals surface area contributed by atoms with Crippen LogP contribution in [0, 0.1) is 0 Å². The molecule has 0 unspecified atom stereocenters. The van der Waals surface area contributed by atoms with Crippen LogP contribution in [-0.4, -0.2) is 20.8 Å². The molecule has 0 saturated heterocycles. The third-order valence-electron chi connectivity index (χ3n) is 1.90. The summed E-state index contributed by atoms with van der Waals surface area (Å²) in [5.74, 6) is 0.0403. The van der Waals surface area contributed by atoms with Crippen molar-refractivity contribution in [3.05, 3.63) is 34.3 Å². The second-order valence-corrected chi connectivity index (χ2v) is 3.96. The second kappa shape index (κ2) is 4.33. The standard InChI is InChI=1S/C9H10N4OS/c10-4-7-5-13(12-11-7)6-8(14)9-2-1-3-15-9/h1-3,5H,4,6,10H2. The molecule has 0 bridgehead atoms. The van der Waals surface area contributed by atoms with Gasteiger partial charge in [-0.15, -0.1) is 16.4 Å². The van der Waals surface area contributed by atoms with Crippen molar-refractivity contribution < 1.29 is 4.79 Å². The summed E-state index contributed by atoms with van der Waals surface area (Å²) in [5.41, 5.74) is 6.08. The number of Topliss-reactive ketones (excluding diaryl/α,β-unsaturated/α-hetero) is 1. The number of thiophene rings is 1. The van der Waals surface area contributed by atoms with Gasteiger partial charge in [0.1, 0.15) is 6.54 Å². The van der Waals surface area contributed by atoms with Gasteiger partial charge in [0.2, 0.25) is 0 Å². The zero-order valence-corrected chi connectivity index (χ0v) is 8.78. The van der Waals surface area contributed by atoms with Crippen LogP contribution in [-0.2, 0) is 13.1 Å². The molecule has 2 heterocycles. The highest BCUT2D eigenvalue weighted by Crippen LogP contribution is 2.10. The number of ketones is 1. The van der Waals surface area contributed by atoms with Gasteiger partial charge in [-0.3, -0.25) is 4.79 Å². The molecule has 0 aliphatic heterocycles. The molecule has 0 amide bonds. The van der Waals surface area contributed by atoms with E-state index in [0.717, 1.165) is 4.88 Å². The van der Waals surface area contributed by atoms with Crippen LogP contribution < -0.4 is 5.73 Å². The third-order valence-corrected chi connectivity index (χ3v) is 2.81. The first kappa shape index (κ1) is 10.0. The number of nitrogens with two attached hydrogens (primary N) is 1. The van der Waals surface area contributed by atoms with Crippen molar-refractivity contribution in [2.75, 3.05) is 0 Å². The summed E-state index contributed by atoms with van der Waals surface area (Å²) < 4.78 is 1.50. The Balaban J connectivity index is 2.06. The van der Waals surface area contributed by atoms with E-state index in [4.69, 9.17) is 5.73 Å². The number of rotatable bonds is 4. The Bertz CT molecular complexity index is 448. The van der Waals surface area contributed by atoms with Crippen molar-refractivity contribution in [3.63, 3.8) is 0 Å². The highest BCUT2D eigenvalue weighted by molar-refractivity contribution is 7.12. The molecule has 5 nitrogen and oxygen atoms in total. The molecule has 2 rings (SSSR count). The third kappa shape index (κ3) is 2.28. The molecule has 15 heavy (non-hydrogen) atoms. The average molecular weight is 222 g/mol. The van der Waals surface area contributed by atoms with Gasteiger partial charge in [-0.05, 0) is 11.4 Å². The molecule has 2 N–H and O–H groups in total. The summed E-state index contributed by atoms with van der Waals surface area (Å²) in [4.78, 5) is 12.4. The van der Waals surface area contributed by atoms with Crippen molar-refractivity contribution >= 4 is 17.1 Å². The molecule has 0 radical (unpaired) electrons. The van der Waals surface area contributed by atoms with Crippen LogP contribution in [0.5, 0.6) is 0 Å². The number of nitrogens with zero attached hydrogens (tertiary/aromatic N) is 3. The summed E-state index contributed by atoms with van der Waals surface area (Å²) in [6.45, 7) is 0.556. The van der Waals surface area contributed by atoms with Crippen LogP contribution in [0.1, 0.15) is 15.4 Å². The zero-order valence-electron chi connectivity index (χ0n) is 7.96. The van der Waals surface area contributed by atoms with E-state index in [2.05, 4.69) is 10.3 Å². The minimum absolute atomic E-state index is 0.0403. The van der Waals surface area contributed by atoms with E-state index in [-0.39, 0.29) is 12.3 Å². The Morgan fingerprint density at radius 3 is 3.07 bits per heavy atom. The molecule has 6 heteroatoms. The van der Waals surface area contributed by atoms with Crippen LogP contribution in [0.2, 0.25) is 0 Å². The molecule has 0 aliphatic rings. The van der Waals surface area contributed by atoms with Crippen molar-refractivity contribution in [1.29, 1.82) is 0 Å². The molecule has 78 valence electrons. The van der Waals surface area contributed by atoms with Gasteiger partial charge in [0, 0.05) is 6.54 Å². The Morgan fingerprint density at radius 2 is 2.47 bits per heavy atom. The first-order valence-electron chi connectivity index (χ1n) is 4.45. The summed E-state index contributed by atoms with van der Waals surface area (Å²) >= 11 is 1.43. The van der Waals surface area contributed by atoms with E-state index in [9.17, 15) is 4.79 Å². The lowest BCUT2D eigenvalue weighted by Gasteiger charge is -1.96. The molecule has 0 aliphatic carbocycles. The minimum Gasteiger partial charge on any atom is -0.325 e. The molecule has 2 aromatic heterocycles. The molecule has 0 fully saturated rings. The van der Waals surface area contributed by atoms with Crippen molar-refractivity contribution in [1.82, 2.24) is 15.0 Å². The Kier molecular flexibility index (Phi) is 2.89. The van der Waals surface area contributed by atoms with Crippen molar-refractivity contribution in [2.45, 2.75) is 13.1 Å². The van der Waals surface area contributed by atoms with Gasteiger partial charge in [0.15, 0.2) is 5.78 Å². The summed E-state index contributed by atoms with van der Waals surface area (Å²) in [6.07, 6.45) is 1.69. The molecule has 2 aromatic rings. The summed E-state index contributed by atoms with van der Waals surface area (Å²) in [5, 5.41) is 9.49. The summed E-state index contributed by atoms with van der Waals surface area (Å²) in [7, 11) is 0. The van der Waals surface area contributed by atoms with Gasteiger partial charge >= 0.3 is 0 Å². The van der Waals surface area contributed by atoms with Gasteiger partial charge < -0.3 is 5.73 Å². The second-order valence-electron chi connectivity index (χ2n) is 3.01. The maximum Gasteiger partial charge on any atom is 0.194 e. The topological polar surface area (TPSA) is 73.8 Å². The monoisotopic (exact) mass is 222 g/mol. The van der Waals surface area contributed by atoms with Crippen LogP contribution in [0.4, 0.5) is 0 Å². The lowest BCUT2D eigenvalue weighted by molar-refractivity contribution is 0.0971. The van der Waals surface area contributed by atoms with E-state index in [1.807, 2.05) is 11.4 Å². The smallest absolute Gasteiger partial charge is 0.194 e. The number of carbonyl (C=O) groups excluding carboxylic acids is 1. The zero-order chi connectivity index (χ0) is 10.7. The van der Waals surface area contributed by atoms with E-state index >= 15 is 0 Å². The lowest BCUT2D eigenvalue weighted by Crippen LogP contribution is -2.09. The predicted octanol–water partition coefficient (Wildman–Crippen LogP) is 0.681. The fraction of sp³-hybridized carbons (Fsp3) is 0.222.